The molecule has 11 heteroatoms. The van der Waals surface area contributed by atoms with Crippen molar-refractivity contribution in [1.82, 2.24) is 15.4 Å². The first-order valence-corrected chi connectivity index (χ1v) is 14.1. The van der Waals surface area contributed by atoms with E-state index in [2.05, 4.69) is 15.3 Å². The van der Waals surface area contributed by atoms with Gasteiger partial charge in [0.2, 0.25) is 5.91 Å². The second kappa shape index (κ2) is 14.6. The van der Waals surface area contributed by atoms with Gasteiger partial charge in [-0.25, -0.2) is 19.8 Å². The fourth-order valence-corrected chi connectivity index (χ4v) is 4.67. The van der Waals surface area contributed by atoms with Crippen molar-refractivity contribution in [3.05, 3.63) is 101 Å². The van der Waals surface area contributed by atoms with Gasteiger partial charge in [-0.1, -0.05) is 30.2 Å². The van der Waals surface area contributed by atoms with Gasteiger partial charge >= 0.3 is 0 Å². The number of nitrogens with one attached hydrogen (secondary N) is 2. The minimum absolute atomic E-state index is 0.192. The van der Waals surface area contributed by atoms with E-state index in [1.54, 1.807) is 29.7 Å². The number of furan rings is 1. The molecule has 0 fully saturated rings. The van der Waals surface area contributed by atoms with E-state index in [9.17, 15) is 9.18 Å². The predicted octanol–water partition coefficient (Wildman–Crippen LogP) is 7.59. The van der Waals surface area contributed by atoms with Gasteiger partial charge in [0.05, 0.1) is 10.5 Å². The molecular formula is C32H30ClFN4O5. The second-order valence-electron chi connectivity index (χ2n) is 9.81. The molecule has 0 atom stereocenters. The van der Waals surface area contributed by atoms with Crippen LogP contribution in [0, 0.1) is 5.82 Å². The topological polar surface area (TPSA) is 119 Å². The summed E-state index contributed by atoms with van der Waals surface area (Å²) in [4.78, 5) is 19.9. The van der Waals surface area contributed by atoms with Gasteiger partial charge in [-0.2, -0.15) is 0 Å². The Balaban J connectivity index is 1.20. The third kappa shape index (κ3) is 8.29. The van der Waals surface area contributed by atoms with Crippen molar-refractivity contribution in [2.24, 2.45) is 0 Å². The summed E-state index contributed by atoms with van der Waals surface area (Å²) in [7, 11) is 0. The van der Waals surface area contributed by atoms with Crippen LogP contribution in [0.15, 0.2) is 83.5 Å². The van der Waals surface area contributed by atoms with Crippen LogP contribution in [0.25, 0.3) is 22.2 Å². The molecule has 5 aromatic rings. The predicted molar refractivity (Wildman–Crippen MR) is 161 cm³/mol. The monoisotopic (exact) mass is 604 g/mol. The summed E-state index contributed by atoms with van der Waals surface area (Å²) in [5.41, 5.74) is 4.66. The Kier molecular flexibility index (Phi) is 10.2. The quantitative estimate of drug-likeness (QED) is 0.0674. The first-order valence-electron chi connectivity index (χ1n) is 13.8. The van der Waals surface area contributed by atoms with Crippen LogP contribution in [0.5, 0.6) is 5.75 Å². The SMILES string of the molecule is O=C(CCCCCOCc1ccc(-c2ccc3ncnc(Nc4ccc(OCc5cccc(F)c5)c(Cl)c4)c3c2)o1)NO. The van der Waals surface area contributed by atoms with Gasteiger partial charge in [0.15, 0.2) is 0 Å². The molecule has 3 aromatic carbocycles. The zero-order valence-electron chi connectivity index (χ0n) is 23.2. The van der Waals surface area contributed by atoms with Gasteiger partial charge in [-0.05, 0) is 79.1 Å². The highest BCUT2D eigenvalue weighted by atomic mass is 35.5. The lowest BCUT2D eigenvalue weighted by molar-refractivity contribution is -0.129. The van der Waals surface area contributed by atoms with Gasteiger partial charge in [-0.15, -0.1) is 0 Å². The van der Waals surface area contributed by atoms with Crippen LogP contribution in [0.1, 0.15) is 37.0 Å². The van der Waals surface area contributed by atoms with Crippen LogP contribution in [-0.2, 0) is 22.7 Å². The van der Waals surface area contributed by atoms with Crippen molar-refractivity contribution >= 4 is 39.9 Å². The minimum atomic E-state index is -0.379. The molecule has 3 N–H and O–H groups in total. The van der Waals surface area contributed by atoms with E-state index in [-0.39, 0.29) is 18.3 Å². The number of carbonyl (C=O) groups excluding carboxylic acids is 1. The molecule has 0 aliphatic heterocycles. The number of nitrogens with zero attached hydrogens (tertiary/aromatic N) is 2. The molecule has 0 spiro atoms. The fraction of sp³-hybridized carbons (Fsp3) is 0.219. The molecule has 0 aliphatic carbocycles. The molecule has 5 rings (SSSR count). The molecule has 9 nitrogen and oxygen atoms in total. The van der Waals surface area contributed by atoms with Crippen molar-refractivity contribution < 1.29 is 28.3 Å². The molecule has 2 heterocycles. The first-order chi connectivity index (χ1) is 21.0. The second-order valence-corrected chi connectivity index (χ2v) is 10.2. The van der Waals surface area contributed by atoms with Crippen LogP contribution in [0.4, 0.5) is 15.9 Å². The number of anilines is 2. The van der Waals surface area contributed by atoms with E-state index < -0.39 is 0 Å². The Morgan fingerprint density at radius 2 is 1.88 bits per heavy atom. The number of hydrogen-bond acceptors (Lipinski definition) is 8. The zero-order valence-corrected chi connectivity index (χ0v) is 23.9. The van der Waals surface area contributed by atoms with Gasteiger partial charge in [0.25, 0.3) is 0 Å². The lowest BCUT2D eigenvalue weighted by atomic mass is 10.1. The Hall–Kier alpha value is -4.51. The number of ether oxygens (including phenoxy) is 2. The first kappa shape index (κ1) is 30.0. The van der Waals surface area contributed by atoms with Crippen LogP contribution < -0.4 is 15.5 Å². The van der Waals surface area contributed by atoms with Gasteiger partial charge < -0.3 is 19.2 Å². The standard InChI is InChI=1S/C32H30ClFN4O5/c33-27-17-24(9-12-30(27)42-18-21-5-4-6-23(34)15-21)37-32-26-16-22(8-11-28(26)35-20-36-32)29-13-10-25(43-29)19-41-14-3-1-2-7-31(39)38-40/h4-6,8-13,15-17,20,40H,1-3,7,14,18-19H2,(H,38,39)(H,35,36,37). The van der Waals surface area contributed by atoms with E-state index in [1.807, 2.05) is 36.4 Å². The number of benzene rings is 3. The molecule has 0 saturated carbocycles. The summed E-state index contributed by atoms with van der Waals surface area (Å²) in [5.74, 6) is 1.77. The summed E-state index contributed by atoms with van der Waals surface area (Å²) in [6, 6.07) is 21.1. The summed E-state index contributed by atoms with van der Waals surface area (Å²) in [5, 5.41) is 13.0. The van der Waals surface area contributed by atoms with E-state index in [0.29, 0.717) is 65.4 Å². The van der Waals surface area contributed by atoms with Gasteiger partial charge in [0.1, 0.15) is 48.4 Å². The Morgan fingerprint density at radius 3 is 2.72 bits per heavy atom. The maximum atomic E-state index is 13.5. The molecule has 222 valence electrons. The molecule has 1 amide bonds. The smallest absolute Gasteiger partial charge is 0.243 e. The summed E-state index contributed by atoms with van der Waals surface area (Å²) < 4.78 is 31.0. The Bertz CT molecular complexity index is 1700. The maximum Gasteiger partial charge on any atom is 0.243 e. The normalized spacial score (nSPS) is 11.0. The fourth-order valence-electron chi connectivity index (χ4n) is 4.44. The lowest BCUT2D eigenvalue weighted by Gasteiger charge is -2.12. The molecule has 0 saturated heterocycles. The van der Waals surface area contributed by atoms with Crippen molar-refractivity contribution in [2.45, 2.75) is 38.9 Å². The van der Waals surface area contributed by atoms with Crippen LogP contribution >= 0.6 is 11.6 Å². The highest BCUT2D eigenvalue weighted by molar-refractivity contribution is 6.32. The number of carbonyl (C=O) groups is 1. The van der Waals surface area contributed by atoms with Crippen LogP contribution in [0.2, 0.25) is 5.02 Å². The van der Waals surface area contributed by atoms with Crippen LogP contribution in [-0.4, -0.2) is 27.7 Å². The van der Waals surface area contributed by atoms with Gasteiger partial charge in [0, 0.05) is 29.7 Å². The third-order valence-electron chi connectivity index (χ3n) is 6.62. The van der Waals surface area contributed by atoms with E-state index in [0.717, 1.165) is 29.3 Å². The molecule has 0 bridgehead atoms. The van der Waals surface area contributed by atoms with Gasteiger partial charge in [-0.3, -0.25) is 10.0 Å². The lowest BCUT2D eigenvalue weighted by Crippen LogP contribution is -2.17. The van der Waals surface area contributed by atoms with Crippen molar-refractivity contribution in [3.8, 4) is 17.1 Å². The maximum absolute atomic E-state index is 13.5. The van der Waals surface area contributed by atoms with E-state index >= 15 is 0 Å². The number of amides is 1. The number of rotatable bonds is 14. The highest BCUT2D eigenvalue weighted by Gasteiger charge is 2.11. The molecule has 43 heavy (non-hydrogen) atoms. The summed E-state index contributed by atoms with van der Waals surface area (Å²) in [6.07, 6.45) is 4.11. The number of fused-ring (bicyclic) bond motifs is 1. The molecule has 0 radical (unpaired) electrons. The average Bonchev–Trinajstić information content (AvgIpc) is 3.49. The zero-order chi connectivity index (χ0) is 30.0. The Morgan fingerprint density at radius 1 is 0.977 bits per heavy atom. The molecule has 2 aromatic heterocycles. The number of halogens is 2. The molecular weight excluding hydrogens is 575 g/mol. The highest BCUT2D eigenvalue weighted by Crippen LogP contribution is 2.33. The molecule has 0 unspecified atom stereocenters. The van der Waals surface area contributed by atoms with Crippen molar-refractivity contribution in [3.63, 3.8) is 0 Å². The largest absolute Gasteiger partial charge is 0.487 e. The van der Waals surface area contributed by atoms with E-state index in [1.165, 1.54) is 18.5 Å². The molecule has 0 aliphatic rings. The minimum Gasteiger partial charge on any atom is -0.487 e. The summed E-state index contributed by atoms with van der Waals surface area (Å²) in [6.45, 7) is 1.07. The number of unbranched alkanes of at least 4 members (excludes halogenated alkanes) is 2. The summed E-state index contributed by atoms with van der Waals surface area (Å²) >= 11 is 6.49. The number of hydroxylamine groups is 1. The Labute approximate surface area is 252 Å². The van der Waals surface area contributed by atoms with Crippen molar-refractivity contribution in [1.29, 1.82) is 0 Å². The number of hydrogen-bond donors (Lipinski definition) is 3. The van der Waals surface area contributed by atoms with Crippen molar-refractivity contribution in [2.75, 3.05) is 11.9 Å². The number of aromatic nitrogens is 2. The van der Waals surface area contributed by atoms with Crippen LogP contribution in [0.3, 0.4) is 0 Å². The third-order valence-corrected chi connectivity index (χ3v) is 6.92. The average molecular weight is 605 g/mol. The van der Waals surface area contributed by atoms with E-state index in [4.69, 9.17) is 30.7 Å².